The van der Waals surface area contributed by atoms with Crippen molar-refractivity contribution in [2.75, 3.05) is 5.32 Å². The molecule has 3 rings (SSSR count). The first-order chi connectivity index (χ1) is 12.0. The zero-order valence-electron chi connectivity index (χ0n) is 13.2. The van der Waals surface area contributed by atoms with Gasteiger partial charge in [-0.25, -0.2) is 4.39 Å². The first-order valence-electron chi connectivity index (χ1n) is 7.43. The normalized spacial score (nSPS) is 11.7. The Bertz CT molecular complexity index is 1000. The van der Waals surface area contributed by atoms with Crippen LogP contribution in [0, 0.1) is 23.1 Å². The number of para-hydroxylation sites is 1. The molecule has 3 aromatic rings. The number of rotatable bonds is 4. The van der Waals surface area contributed by atoms with Gasteiger partial charge in [0.25, 0.3) is 0 Å². The van der Waals surface area contributed by atoms with E-state index in [0.717, 1.165) is 5.52 Å². The van der Waals surface area contributed by atoms with Gasteiger partial charge in [0.1, 0.15) is 11.5 Å². The SMILES string of the molecule is Cn1nc(C(=O)C(C#N)C(=O)Nc2ccc(F)cc2)c2ccccc21. The third-order valence-corrected chi connectivity index (χ3v) is 3.76. The molecule has 2 aromatic carbocycles. The van der Waals surface area contributed by atoms with Crippen molar-refractivity contribution >= 4 is 28.3 Å². The lowest BCUT2D eigenvalue weighted by Gasteiger charge is -2.08. The van der Waals surface area contributed by atoms with E-state index in [1.165, 1.54) is 28.9 Å². The van der Waals surface area contributed by atoms with Crippen LogP contribution in [-0.2, 0) is 11.8 Å². The van der Waals surface area contributed by atoms with Crippen LogP contribution in [0.1, 0.15) is 10.5 Å². The van der Waals surface area contributed by atoms with E-state index in [0.29, 0.717) is 11.1 Å². The van der Waals surface area contributed by atoms with Gasteiger partial charge in [-0.3, -0.25) is 14.3 Å². The average molecular weight is 336 g/mol. The molecule has 0 bridgehead atoms. The fourth-order valence-corrected chi connectivity index (χ4v) is 2.52. The van der Waals surface area contributed by atoms with Crippen molar-refractivity contribution in [3.05, 3.63) is 60.0 Å². The second-order valence-corrected chi connectivity index (χ2v) is 5.41. The third kappa shape index (κ3) is 3.10. The highest BCUT2D eigenvalue weighted by Crippen LogP contribution is 2.21. The summed E-state index contributed by atoms with van der Waals surface area (Å²) in [5, 5.41) is 16.5. The van der Waals surface area contributed by atoms with E-state index in [1.807, 2.05) is 0 Å². The average Bonchev–Trinajstić information content (AvgIpc) is 2.95. The fraction of sp³-hybridized carbons (Fsp3) is 0.111. The molecule has 1 aromatic heterocycles. The molecule has 0 saturated heterocycles. The quantitative estimate of drug-likeness (QED) is 0.586. The lowest BCUT2D eigenvalue weighted by atomic mass is 10.00. The summed E-state index contributed by atoms with van der Waals surface area (Å²) in [6.45, 7) is 0. The standard InChI is InChI=1S/C18H13FN4O2/c1-23-15-5-3-2-4-13(15)16(22-23)17(24)14(10-20)18(25)21-12-8-6-11(19)7-9-12/h2-9,14H,1H3,(H,21,25). The Hall–Kier alpha value is -3.53. The number of hydrogen-bond donors (Lipinski definition) is 1. The molecule has 124 valence electrons. The summed E-state index contributed by atoms with van der Waals surface area (Å²) in [4.78, 5) is 25.0. The van der Waals surface area contributed by atoms with E-state index in [4.69, 9.17) is 0 Å². The molecule has 1 amide bonds. The predicted octanol–water partition coefficient (Wildman–Crippen LogP) is 2.67. The fourth-order valence-electron chi connectivity index (χ4n) is 2.52. The smallest absolute Gasteiger partial charge is 0.249 e. The number of anilines is 1. The molecule has 0 radical (unpaired) electrons. The van der Waals surface area contributed by atoms with Crippen LogP contribution in [0.15, 0.2) is 48.5 Å². The highest BCUT2D eigenvalue weighted by Gasteiger charge is 2.31. The Morgan fingerprint density at radius 3 is 2.56 bits per heavy atom. The maximum atomic E-state index is 12.9. The van der Waals surface area contributed by atoms with Crippen molar-refractivity contribution < 1.29 is 14.0 Å². The number of fused-ring (bicyclic) bond motifs is 1. The highest BCUT2D eigenvalue weighted by atomic mass is 19.1. The minimum absolute atomic E-state index is 0.0684. The van der Waals surface area contributed by atoms with E-state index in [2.05, 4.69) is 10.4 Å². The van der Waals surface area contributed by atoms with E-state index >= 15 is 0 Å². The molecule has 1 heterocycles. The number of nitriles is 1. The number of aryl methyl sites for hydroxylation is 1. The number of halogens is 1. The minimum atomic E-state index is -1.55. The van der Waals surface area contributed by atoms with Crippen LogP contribution < -0.4 is 5.32 Å². The van der Waals surface area contributed by atoms with Gasteiger partial charge in [-0.2, -0.15) is 10.4 Å². The maximum Gasteiger partial charge on any atom is 0.249 e. The van der Waals surface area contributed by atoms with Gasteiger partial charge < -0.3 is 5.32 Å². The van der Waals surface area contributed by atoms with Crippen LogP contribution in [-0.4, -0.2) is 21.5 Å². The summed E-state index contributed by atoms with van der Waals surface area (Å²) in [5.41, 5.74) is 1.09. The van der Waals surface area contributed by atoms with Crippen molar-refractivity contribution in [3.63, 3.8) is 0 Å². The van der Waals surface area contributed by atoms with Crippen molar-refractivity contribution in [1.29, 1.82) is 5.26 Å². The molecule has 1 atom stereocenters. The summed E-state index contributed by atoms with van der Waals surface area (Å²) >= 11 is 0. The number of amides is 1. The van der Waals surface area contributed by atoms with Crippen LogP contribution in [0.3, 0.4) is 0 Å². The number of nitrogens with zero attached hydrogens (tertiary/aromatic N) is 3. The largest absolute Gasteiger partial charge is 0.325 e. The van der Waals surface area contributed by atoms with Gasteiger partial charge >= 0.3 is 0 Å². The maximum absolute atomic E-state index is 12.9. The minimum Gasteiger partial charge on any atom is -0.325 e. The Kier molecular flexibility index (Phi) is 4.27. The number of Topliss-reactive ketones (excluding diaryl/α,β-unsaturated/α-hetero) is 1. The molecule has 1 N–H and O–H groups in total. The van der Waals surface area contributed by atoms with Gasteiger partial charge in [-0.15, -0.1) is 0 Å². The number of benzene rings is 2. The van der Waals surface area contributed by atoms with E-state index in [9.17, 15) is 19.2 Å². The lowest BCUT2D eigenvalue weighted by molar-refractivity contribution is -0.117. The van der Waals surface area contributed by atoms with Gasteiger partial charge in [0.2, 0.25) is 11.7 Å². The first-order valence-corrected chi connectivity index (χ1v) is 7.43. The molecule has 25 heavy (non-hydrogen) atoms. The van der Waals surface area contributed by atoms with Crippen molar-refractivity contribution in [3.8, 4) is 6.07 Å². The van der Waals surface area contributed by atoms with Gasteiger partial charge in [-0.05, 0) is 30.3 Å². The summed E-state index contributed by atoms with van der Waals surface area (Å²) in [6, 6.07) is 13.8. The summed E-state index contributed by atoms with van der Waals surface area (Å²) in [7, 11) is 1.68. The lowest BCUT2D eigenvalue weighted by Crippen LogP contribution is -2.29. The Balaban J connectivity index is 1.89. The number of nitrogens with one attached hydrogen (secondary N) is 1. The van der Waals surface area contributed by atoms with Crippen molar-refractivity contribution in [2.24, 2.45) is 13.0 Å². The number of carbonyl (C=O) groups is 2. The Labute approximate surface area is 142 Å². The zero-order valence-corrected chi connectivity index (χ0v) is 13.2. The first kappa shape index (κ1) is 16.3. The van der Waals surface area contributed by atoms with Crippen LogP contribution in [0.4, 0.5) is 10.1 Å². The molecular formula is C18H13FN4O2. The second kappa shape index (κ2) is 6.53. The van der Waals surface area contributed by atoms with Gasteiger partial charge in [0.05, 0.1) is 11.6 Å². The molecule has 0 aliphatic heterocycles. The summed E-state index contributed by atoms with van der Waals surface area (Å²) in [5.74, 6) is -3.47. The highest BCUT2D eigenvalue weighted by molar-refractivity contribution is 6.18. The van der Waals surface area contributed by atoms with Gasteiger partial charge in [-0.1, -0.05) is 18.2 Å². The van der Waals surface area contributed by atoms with E-state index in [-0.39, 0.29) is 5.69 Å². The number of ketones is 1. The monoisotopic (exact) mass is 336 g/mol. The Morgan fingerprint density at radius 1 is 1.20 bits per heavy atom. The van der Waals surface area contributed by atoms with Crippen molar-refractivity contribution in [2.45, 2.75) is 0 Å². The zero-order chi connectivity index (χ0) is 18.0. The number of carbonyl (C=O) groups excluding carboxylic acids is 2. The summed E-state index contributed by atoms with van der Waals surface area (Å²) in [6.07, 6.45) is 0. The predicted molar refractivity (Wildman–Crippen MR) is 89.2 cm³/mol. The van der Waals surface area contributed by atoms with Crippen LogP contribution in [0.25, 0.3) is 10.9 Å². The summed E-state index contributed by atoms with van der Waals surface area (Å²) < 4.78 is 14.4. The molecule has 1 unspecified atom stereocenters. The molecule has 6 nitrogen and oxygen atoms in total. The molecule has 0 aliphatic carbocycles. The van der Waals surface area contributed by atoms with E-state index in [1.54, 1.807) is 37.4 Å². The number of aromatic nitrogens is 2. The molecular weight excluding hydrogens is 323 g/mol. The third-order valence-electron chi connectivity index (χ3n) is 3.76. The van der Waals surface area contributed by atoms with Crippen LogP contribution in [0.5, 0.6) is 0 Å². The molecule has 0 fully saturated rings. The van der Waals surface area contributed by atoms with E-state index < -0.39 is 23.4 Å². The second-order valence-electron chi connectivity index (χ2n) is 5.41. The molecule has 0 spiro atoms. The molecule has 7 heteroatoms. The number of hydrogen-bond acceptors (Lipinski definition) is 4. The Morgan fingerprint density at radius 2 is 1.88 bits per heavy atom. The van der Waals surface area contributed by atoms with Crippen LogP contribution in [0.2, 0.25) is 0 Å². The topological polar surface area (TPSA) is 87.8 Å². The molecule has 0 aliphatic rings. The van der Waals surface area contributed by atoms with Gasteiger partial charge in [0.15, 0.2) is 5.92 Å². The van der Waals surface area contributed by atoms with Crippen LogP contribution >= 0.6 is 0 Å². The molecule has 0 saturated carbocycles. The van der Waals surface area contributed by atoms with Gasteiger partial charge in [0, 0.05) is 18.1 Å². The van der Waals surface area contributed by atoms with Crippen molar-refractivity contribution in [1.82, 2.24) is 9.78 Å².